The van der Waals surface area contributed by atoms with E-state index < -0.39 is 0 Å². The molecule has 4 heterocycles. The molecule has 0 radical (unpaired) electrons. The number of fused-ring (bicyclic) bond motifs is 3. The number of amides is 1. The lowest BCUT2D eigenvalue weighted by Gasteiger charge is -2.09. The molecule has 4 aromatic rings. The van der Waals surface area contributed by atoms with Crippen molar-refractivity contribution in [2.45, 2.75) is 20.0 Å². The highest BCUT2D eigenvalue weighted by Crippen LogP contribution is 2.24. The van der Waals surface area contributed by atoms with Gasteiger partial charge in [-0.05, 0) is 42.1 Å². The Hall–Kier alpha value is -3.00. The molecule has 0 saturated heterocycles. The minimum absolute atomic E-state index is 0.111. The van der Waals surface area contributed by atoms with Crippen LogP contribution in [0.5, 0.6) is 0 Å². The highest BCUT2D eigenvalue weighted by Gasteiger charge is 2.14. The van der Waals surface area contributed by atoms with E-state index in [2.05, 4.69) is 15.4 Å². The molecule has 0 fully saturated rings. The average Bonchev–Trinajstić information content (AvgIpc) is 3.19. The standard InChI is InChI=1S/C17H15N5O2S/c1-11-20-21(10-16(23)19-9-12-2-5-18-6-3-12)17(24)14-8-15-13(22(11)14)4-7-25-15/h2-8H,9-10H2,1H3,(H,19,23). The first-order chi connectivity index (χ1) is 12.1. The maximum Gasteiger partial charge on any atom is 0.291 e. The van der Waals surface area contributed by atoms with Crippen molar-refractivity contribution in [2.75, 3.05) is 0 Å². The molecule has 7 nitrogen and oxygen atoms in total. The zero-order chi connectivity index (χ0) is 17.4. The number of thiophene rings is 1. The van der Waals surface area contributed by atoms with Gasteiger partial charge in [-0.2, -0.15) is 5.10 Å². The van der Waals surface area contributed by atoms with Gasteiger partial charge in [-0.15, -0.1) is 11.3 Å². The summed E-state index contributed by atoms with van der Waals surface area (Å²) in [7, 11) is 0. The number of aromatic nitrogens is 4. The molecule has 0 saturated carbocycles. The molecule has 0 aliphatic rings. The van der Waals surface area contributed by atoms with E-state index in [1.54, 1.807) is 23.7 Å². The fourth-order valence-corrected chi connectivity index (χ4v) is 3.63. The molecule has 4 rings (SSSR count). The number of hydrogen-bond acceptors (Lipinski definition) is 5. The van der Waals surface area contributed by atoms with Crippen LogP contribution in [-0.4, -0.2) is 25.1 Å². The van der Waals surface area contributed by atoms with E-state index in [4.69, 9.17) is 0 Å². The van der Waals surface area contributed by atoms with Crippen LogP contribution in [0.2, 0.25) is 0 Å². The summed E-state index contributed by atoms with van der Waals surface area (Å²) < 4.78 is 4.08. The predicted molar refractivity (Wildman–Crippen MR) is 95.7 cm³/mol. The van der Waals surface area contributed by atoms with Crippen LogP contribution in [0.4, 0.5) is 0 Å². The Morgan fingerprint density at radius 1 is 1.24 bits per heavy atom. The van der Waals surface area contributed by atoms with Crippen molar-refractivity contribution < 1.29 is 4.79 Å². The molecule has 0 unspecified atom stereocenters. The Labute approximate surface area is 146 Å². The van der Waals surface area contributed by atoms with Crippen molar-refractivity contribution in [3.8, 4) is 0 Å². The number of pyridine rings is 1. The van der Waals surface area contributed by atoms with Crippen LogP contribution < -0.4 is 10.9 Å². The second-order valence-corrected chi connectivity index (χ2v) is 6.62. The van der Waals surface area contributed by atoms with Crippen LogP contribution in [-0.2, 0) is 17.9 Å². The van der Waals surface area contributed by atoms with Gasteiger partial charge < -0.3 is 5.32 Å². The molecular formula is C17H15N5O2S. The highest BCUT2D eigenvalue weighted by atomic mass is 32.1. The van der Waals surface area contributed by atoms with Gasteiger partial charge in [0.05, 0.1) is 10.2 Å². The Kier molecular flexibility index (Phi) is 3.81. The van der Waals surface area contributed by atoms with Crippen molar-refractivity contribution in [1.29, 1.82) is 0 Å². The number of aryl methyl sites for hydroxylation is 1. The van der Waals surface area contributed by atoms with Crippen LogP contribution in [0.3, 0.4) is 0 Å². The summed E-state index contributed by atoms with van der Waals surface area (Å²) >= 11 is 1.57. The van der Waals surface area contributed by atoms with E-state index in [-0.39, 0.29) is 18.0 Å². The second-order valence-electron chi connectivity index (χ2n) is 5.68. The molecule has 0 aliphatic heterocycles. The topological polar surface area (TPSA) is 81.3 Å². The van der Waals surface area contributed by atoms with Crippen molar-refractivity contribution in [3.63, 3.8) is 0 Å². The molecule has 0 bridgehead atoms. The lowest BCUT2D eigenvalue weighted by molar-refractivity contribution is -0.122. The third kappa shape index (κ3) is 2.80. The van der Waals surface area contributed by atoms with Crippen molar-refractivity contribution in [1.82, 2.24) is 24.5 Å². The maximum atomic E-state index is 12.7. The van der Waals surface area contributed by atoms with E-state index >= 15 is 0 Å². The van der Waals surface area contributed by atoms with Crippen LogP contribution in [0.1, 0.15) is 11.4 Å². The van der Waals surface area contributed by atoms with Crippen LogP contribution in [0.15, 0.2) is 46.8 Å². The first-order valence-corrected chi connectivity index (χ1v) is 8.63. The van der Waals surface area contributed by atoms with Gasteiger partial charge in [-0.1, -0.05) is 0 Å². The molecular weight excluding hydrogens is 338 g/mol. The van der Waals surface area contributed by atoms with E-state index in [1.165, 1.54) is 4.68 Å². The minimum atomic E-state index is -0.270. The van der Waals surface area contributed by atoms with E-state index in [0.29, 0.717) is 17.9 Å². The van der Waals surface area contributed by atoms with Crippen molar-refractivity contribution in [3.05, 3.63) is 63.8 Å². The highest BCUT2D eigenvalue weighted by molar-refractivity contribution is 7.17. The van der Waals surface area contributed by atoms with Gasteiger partial charge in [0.1, 0.15) is 17.9 Å². The average molecular weight is 353 g/mol. The number of nitrogens with one attached hydrogen (secondary N) is 1. The minimum Gasteiger partial charge on any atom is -0.350 e. The van der Waals surface area contributed by atoms with Crippen LogP contribution in [0.25, 0.3) is 15.7 Å². The summed E-state index contributed by atoms with van der Waals surface area (Å²) in [6.45, 7) is 2.10. The van der Waals surface area contributed by atoms with Gasteiger partial charge in [-0.3, -0.25) is 19.0 Å². The summed E-state index contributed by atoms with van der Waals surface area (Å²) in [5.74, 6) is 0.411. The number of hydrogen-bond donors (Lipinski definition) is 1. The van der Waals surface area contributed by atoms with Crippen LogP contribution in [0, 0.1) is 6.92 Å². The smallest absolute Gasteiger partial charge is 0.291 e. The van der Waals surface area contributed by atoms with Gasteiger partial charge in [0.2, 0.25) is 5.91 Å². The zero-order valence-corrected chi connectivity index (χ0v) is 14.3. The molecule has 1 N–H and O–H groups in total. The molecule has 126 valence electrons. The third-order valence-corrected chi connectivity index (χ3v) is 4.85. The molecule has 8 heteroatoms. The summed E-state index contributed by atoms with van der Waals surface area (Å²) in [5, 5.41) is 9.07. The first kappa shape index (κ1) is 15.5. The maximum absolute atomic E-state index is 12.7. The Morgan fingerprint density at radius 2 is 2.04 bits per heavy atom. The second kappa shape index (κ2) is 6.14. The van der Waals surface area contributed by atoms with E-state index in [9.17, 15) is 9.59 Å². The normalized spacial score (nSPS) is 11.2. The number of rotatable bonds is 4. The van der Waals surface area contributed by atoms with Gasteiger partial charge in [0, 0.05) is 18.9 Å². The van der Waals surface area contributed by atoms with Crippen molar-refractivity contribution >= 4 is 33.0 Å². The fourth-order valence-electron chi connectivity index (χ4n) is 2.83. The molecule has 25 heavy (non-hydrogen) atoms. The van der Waals surface area contributed by atoms with E-state index in [0.717, 1.165) is 15.8 Å². The molecule has 1 amide bonds. The molecule has 0 atom stereocenters. The summed E-state index contributed by atoms with van der Waals surface area (Å²) in [4.78, 5) is 28.8. The van der Waals surface area contributed by atoms with Gasteiger partial charge >= 0.3 is 0 Å². The molecule has 0 spiro atoms. The van der Waals surface area contributed by atoms with Gasteiger partial charge in [0.25, 0.3) is 5.56 Å². The Bertz CT molecular complexity index is 1130. The lowest BCUT2D eigenvalue weighted by atomic mass is 10.3. The Morgan fingerprint density at radius 3 is 2.84 bits per heavy atom. The third-order valence-electron chi connectivity index (χ3n) is 4.00. The van der Waals surface area contributed by atoms with Gasteiger partial charge in [0.15, 0.2) is 0 Å². The Balaban J connectivity index is 1.60. The molecule has 4 aromatic heterocycles. The quantitative estimate of drug-likeness (QED) is 0.606. The number of carbonyl (C=O) groups excluding carboxylic acids is 1. The lowest BCUT2D eigenvalue weighted by Crippen LogP contribution is -2.34. The molecule has 0 aromatic carbocycles. The summed E-state index contributed by atoms with van der Waals surface area (Å²) in [6.07, 6.45) is 3.34. The summed E-state index contributed by atoms with van der Waals surface area (Å²) in [5.41, 5.74) is 2.18. The molecule has 0 aliphatic carbocycles. The first-order valence-electron chi connectivity index (χ1n) is 7.75. The van der Waals surface area contributed by atoms with E-state index in [1.807, 2.05) is 41.0 Å². The number of nitrogens with zero attached hydrogens (tertiary/aromatic N) is 4. The fraction of sp³-hybridized carbons (Fsp3) is 0.176. The largest absolute Gasteiger partial charge is 0.350 e. The number of carbonyl (C=O) groups is 1. The monoisotopic (exact) mass is 353 g/mol. The van der Waals surface area contributed by atoms with Crippen molar-refractivity contribution in [2.24, 2.45) is 0 Å². The SMILES string of the molecule is Cc1nn(CC(=O)NCc2ccncc2)c(=O)c2cc3sccc3n12. The van der Waals surface area contributed by atoms with Crippen LogP contribution >= 0.6 is 11.3 Å². The summed E-state index contributed by atoms with van der Waals surface area (Å²) in [6, 6.07) is 7.47. The van der Waals surface area contributed by atoms with Gasteiger partial charge in [-0.25, -0.2) is 4.68 Å². The zero-order valence-electron chi connectivity index (χ0n) is 13.5. The predicted octanol–water partition coefficient (Wildman–Crippen LogP) is 1.73.